The first-order valence-electron chi connectivity index (χ1n) is 7.21. The van der Waals surface area contributed by atoms with Crippen molar-refractivity contribution in [1.82, 2.24) is 15.6 Å². The largest absolute Gasteiger partial charge is 0.386 e. The molecule has 0 spiro atoms. The second-order valence-electron chi connectivity index (χ2n) is 5.11. The summed E-state index contributed by atoms with van der Waals surface area (Å²) in [6, 6.07) is 9.65. The first-order chi connectivity index (χ1) is 11.1. The number of aliphatic hydroxyl groups excluding tert-OH is 1. The van der Waals surface area contributed by atoms with Gasteiger partial charge in [-0.2, -0.15) is 0 Å². The predicted octanol–water partition coefficient (Wildman–Crippen LogP) is 3.20. The number of rotatable bonds is 5. The quantitative estimate of drug-likeness (QED) is 0.663. The molecule has 0 radical (unpaired) electrons. The Morgan fingerprint density at radius 1 is 1.30 bits per heavy atom. The van der Waals surface area contributed by atoms with Crippen molar-refractivity contribution in [2.75, 3.05) is 6.54 Å². The third-order valence-electron chi connectivity index (χ3n) is 3.32. The van der Waals surface area contributed by atoms with Gasteiger partial charge in [-0.05, 0) is 24.4 Å². The lowest BCUT2D eigenvalue weighted by Crippen LogP contribution is -2.37. The van der Waals surface area contributed by atoms with E-state index in [1.54, 1.807) is 28.9 Å². The molecule has 23 heavy (non-hydrogen) atoms. The maximum Gasteiger partial charge on any atom is 0.315 e. The molecule has 0 aliphatic heterocycles. The number of urea groups is 1. The van der Waals surface area contributed by atoms with Crippen LogP contribution in [-0.2, 0) is 6.54 Å². The number of aliphatic hydroxyl groups is 1. The molecule has 1 aromatic carbocycles. The van der Waals surface area contributed by atoms with Gasteiger partial charge in [-0.3, -0.25) is 0 Å². The number of thiophene rings is 1. The smallest absolute Gasteiger partial charge is 0.315 e. The van der Waals surface area contributed by atoms with Crippen LogP contribution in [0.1, 0.15) is 20.9 Å². The molecule has 120 valence electrons. The second kappa shape index (κ2) is 7.08. The fourth-order valence-electron chi connectivity index (χ4n) is 2.17. The number of hydrogen-bond donors (Lipinski definition) is 3. The van der Waals surface area contributed by atoms with Gasteiger partial charge in [0.15, 0.2) is 0 Å². The number of carbonyl (C=O) groups excluding carboxylic acids is 1. The van der Waals surface area contributed by atoms with Crippen LogP contribution in [0.3, 0.4) is 0 Å². The van der Waals surface area contributed by atoms with Crippen LogP contribution in [0.25, 0.3) is 10.1 Å². The molecule has 5 nitrogen and oxygen atoms in total. The Kier molecular flexibility index (Phi) is 4.90. The molecule has 2 aromatic heterocycles. The molecule has 1 unspecified atom stereocenters. The Hall–Kier alpha value is -1.96. The molecular weight excluding hydrogens is 330 g/mol. The first-order valence-corrected chi connectivity index (χ1v) is 8.84. The van der Waals surface area contributed by atoms with Crippen LogP contribution in [0.15, 0.2) is 36.5 Å². The minimum Gasteiger partial charge on any atom is -0.386 e. The molecule has 0 aliphatic rings. The highest BCUT2D eigenvalue weighted by Crippen LogP contribution is 2.29. The van der Waals surface area contributed by atoms with E-state index in [1.807, 2.05) is 37.3 Å². The monoisotopic (exact) mass is 347 g/mol. The number of aromatic nitrogens is 1. The minimum absolute atomic E-state index is 0.181. The van der Waals surface area contributed by atoms with Gasteiger partial charge < -0.3 is 15.7 Å². The first kappa shape index (κ1) is 15.9. The highest BCUT2D eigenvalue weighted by Gasteiger charge is 2.12. The minimum atomic E-state index is -0.705. The summed E-state index contributed by atoms with van der Waals surface area (Å²) in [7, 11) is 0. The summed E-state index contributed by atoms with van der Waals surface area (Å²) >= 11 is 3.09. The summed E-state index contributed by atoms with van der Waals surface area (Å²) < 4.78 is 1.13. The maximum absolute atomic E-state index is 11.8. The summed E-state index contributed by atoms with van der Waals surface area (Å²) in [6.45, 7) is 2.55. The van der Waals surface area contributed by atoms with Gasteiger partial charge in [0, 0.05) is 20.7 Å². The zero-order chi connectivity index (χ0) is 16.2. The SMILES string of the molecule is Cc1ncc(CNC(=O)NCC(O)c2cc3ccccc3s2)s1. The zero-order valence-corrected chi connectivity index (χ0v) is 14.2. The molecule has 0 saturated heterocycles. The molecule has 3 rings (SSSR count). The fourth-order valence-corrected chi connectivity index (χ4v) is 3.96. The molecule has 0 aliphatic carbocycles. The Balaban J connectivity index is 1.49. The van der Waals surface area contributed by atoms with Crippen molar-refractivity contribution < 1.29 is 9.90 Å². The van der Waals surface area contributed by atoms with Gasteiger partial charge in [0.2, 0.25) is 0 Å². The number of aryl methyl sites for hydroxylation is 1. The Morgan fingerprint density at radius 3 is 2.87 bits per heavy atom. The summed E-state index contributed by atoms with van der Waals surface area (Å²) in [6.07, 6.45) is 1.05. The van der Waals surface area contributed by atoms with E-state index in [1.165, 1.54) is 0 Å². The van der Waals surface area contributed by atoms with E-state index in [0.717, 1.165) is 24.8 Å². The highest BCUT2D eigenvalue weighted by molar-refractivity contribution is 7.19. The summed E-state index contributed by atoms with van der Waals surface area (Å²) in [5, 5.41) is 17.8. The van der Waals surface area contributed by atoms with Gasteiger partial charge in [0.1, 0.15) is 6.10 Å². The number of fused-ring (bicyclic) bond motifs is 1. The van der Waals surface area contributed by atoms with Crippen LogP contribution in [0.4, 0.5) is 4.79 Å². The molecule has 3 aromatic rings. The van der Waals surface area contributed by atoms with E-state index in [2.05, 4.69) is 15.6 Å². The molecule has 0 saturated carbocycles. The van der Waals surface area contributed by atoms with E-state index >= 15 is 0 Å². The fraction of sp³-hybridized carbons (Fsp3) is 0.250. The Bertz CT molecular complexity index is 779. The third kappa shape index (κ3) is 4.07. The van der Waals surface area contributed by atoms with E-state index in [0.29, 0.717) is 6.54 Å². The summed E-state index contributed by atoms with van der Waals surface area (Å²) in [5.41, 5.74) is 0. The van der Waals surface area contributed by atoms with Crippen LogP contribution in [0.5, 0.6) is 0 Å². The molecule has 1 atom stereocenters. The van der Waals surface area contributed by atoms with Crippen molar-refractivity contribution in [1.29, 1.82) is 0 Å². The van der Waals surface area contributed by atoms with Crippen LogP contribution < -0.4 is 10.6 Å². The normalized spacial score (nSPS) is 12.3. The van der Waals surface area contributed by atoms with Crippen molar-refractivity contribution in [3.63, 3.8) is 0 Å². The van der Waals surface area contributed by atoms with Gasteiger partial charge in [-0.25, -0.2) is 9.78 Å². The van der Waals surface area contributed by atoms with Gasteiger partial charge in [0.05, 0.1) is 18.1 Å². The number of hydrogen-bond acceptors (Lipinski definition) is 5. The molecule has 0 fully saturated rings. The highest BCUT2D eigenvalue weighted by atomic mass is 32.1. The van der Waals surface area contributed by atoms with Crippen molar-refractivity contribution in [3.8, 4) is 0 Å². The maximum atomic E-state index is 11.8. The number of thiazole rings is 1. The number of nitrogens with zero attached hydrogens (tertiary/aromatic N) is 1. The van der Waals surface area contributed by atoms with E-state index in [4.69, 9.17) is 0 Å². The number of benzene rings is 1. The van der Waals surface area contributed by atoms with Gasteiger partial charge in [-0.1, -0.05) is 18.2 Å². The van der Waals surface area contributed by atoms with Crippen molar-refractivity contribution >= 4 is 38.8 Å². The van der Waals surface area contributed by atoms with E-state index in [-0.39, 0.29) is 12.6 Å². The van der Waals surface area contributed by atoms with Crippen LogP contribution in [0, 0.1) is 6.92 Å². The average molecular weight is 347 g/mol. The average Bonchev–Trinajstić information content (AvgIpc) is 3.16. The number of nitrogens with one attached hydrogen (secondary N) is 2. The lowest BCUT2D eigenvalue weighted by Gasteiger charge is -2.10. The van der Waals surface area contributed by atoms with Crippen molar-refractivity contribution in [2.45, 2.75) is 19.6 Å². The van der Waals surface area contributed by atoms with Crippen LogP contribution >= 0.6 is 22.7 Å². The summed E-state index contributed by atoms with van der Waals surface area (Å²) in [4.78, 5) is 17.8. The Labute approximate surface area is 142 Å². The van der Waals surface area contributed by atoms with E-state index in [9.17, 15) is 9.90 Å². The molecule has 2 heterocycles. The molecule has 3 N–H and O–H groups in total. The number of carbonyl (C=O) groups is 1. The van der Waals surface area contributed by atoms with Crippen LogP contribution in [-0.4, -0.2) is 22.7 Å². The molecule has 0 bridgehead atoms. The number of amides is 2. The summed E-state index contributed by atoms with van der Waals surface area (Å²) in [5.74, 6) is 0. The molecular formula is C16H17N3O2S2. The Morgan fingerprint density at radius 2 is 2.13 bits per heavy atom. The predicted molar refractivity (Wildman–Crippen MR) is 93.9 cm³/mol. The molecule has 7 heteroatoms. The van der Waals surface area contributed by atoms with Crippen molar-refractivity contribution in [2.24, 2.45) is 0 Å². The second-order valence-corrected chi connectivity index (χ2v) is 7.55. The van der Waals surface area contributed by atoms with Crippen molar-refractivity contribution in [3.05, 3.63) is 51.3 Å². The van der Waals surface area contributed by atoms with E-state index < -0.39 is 6.10 Å². The third-order valence-corrected chi connectivity index (χ3v) is 5.45. The van der Waals surface area contributed by atoms with Gasteiger partial charge >= 0.3 is 6.03 Å². The lowest BCUT2D eigenvalue weighted by atomic mass is 10.2. The van der Waals surface area contributed by atoms with Crippen LogP contribution in [0.2, 0.25) is 0 Å². The zero-order valence-electron chi connectivity index (χ0n) is 12.6. The lowest BCUT2D eigenvalue weighted by molar-refractivity contribution is 0.176. The van der Waals surface area contributed by atoms with Gasteiger partial charge in [0.25, 0.3) is 0 Å². The topological polar surface area (TPSA) is 74.2 Å². The standard InChI is InChI=1S/C16H17N3O2S2/c1-10-17-7-12(22-10)8-18-16(21)19-9-13(20)15-6-11-4-2-3-5-14(11)23-15/h2-7,13,20H,8-9H2,1H3,(H2,18,19,21). The molecule has 2 amide bonds. The van der Waals surface area contributed by atoms with Gasteiger partial charge in [-0.15, -0.1) is 22.7 Å².